The molecule has 2 aliphatic rings. The standard InChI is InChI=1S/C56H47BN6Si.Pt/c1-37-18-16-19-38(2)54(37)57-62(41-22-12-9-13-23-41)48-34-44-43-24-14-15-25-45(43)61(53-32-39(30-31-58-53)56(3,4)5)47(44)35-49(48)63(57)42-28-29-51-50(33-42)60-36-59(40-20-10-8-11-21-40)46-26-17-27-52(55(46)60)64(51,6)7;/h8-32,34H,1-7H3;/q-2;. The summed E-state index contributed by atoms with van der Waals surface area (Å²) in [6, 6.07) is 63.4. The smallest absolute Gasteiger partial charge is 0.406 e. The molecule has 0 amide bonds. The van der Waals surface area contributed by atoms with Crippen LogP contribution in [0.4, 0.5) is 22.7 Å². The Morgan fingerprint density at radius 3 is 2.12 bits per heavy atom. The number of nitrogens with zero attached hydrogens (tertiary/aromatic N) is 6. The number of anilines is 4. The molecule has 65 heavy (non-hydrogen) atoms. The molecular formula is C56H47BN6PtSi-2. The van der Waals surface area contributed by atoms with Crippen molar-refractivity contribution in [3.63, 3.8) is 0 Å². The molecule has 3 aromatic heterocycles. The largest absolute Gasteiger partial charge is 0.415 e. The second-order valence-corrected chi connectivity index (χ2v) is 23.4. The van der Waals surface area contributed by atoms with Crippen molar-refractivity contribution in [2.24, 2.45) is 0 Å². The normalized spacial score (nSPS) is 14.0. The summed E-state index contributed by atoms with van der Waals surface area (Å²) in [5.41, 5.74) is 15.7. The minimum absolute atomic E-state index is 0. The number of benzene rings is 7. The van der Waals surface area contributed by atoms with Gasteiger partial charge in [0.1, 0.15) is 5.82 Å². The van der Waals surface area contributed by atoms with Crippen molar-refractivity contribution in [1.29, 1.82) is 0 Å². The van der Waals surface area contributed by atoms with Crippen LogP contribution >= 0.6 is 0 Å². The minimum atomic E-state index is -2.20. The molecule has 7 aromatic carbocycles. The molecule has 10 aromatic rings. The van der Waals surface area contributed by atoms with Crippen LogP contribution in [0.15, 0.2) is 158 Å². The molecule has 0 bridgehead atoms. The quantitative estimate of drug-likeness (QED) is 0.0979. The van der Waals surface area contributed by atoms with Crippen LogP contribution in [0.1, 0.15) is 37.5 Å². The van der Waals surface area contributed by atoms with Crippen molar-refractivity contribution < 1.29 is 25.6 Å². The Labute approximate surface area is 396 Å². The van der Waals surface area contributed by atoms with Crippen LogP contribution in [0.3, 0.4) is 0 Å². The summed E-state index contributed by atoms with van der Waals surface area (Å²) >= 11 is 0. The molecule has 0 N–H and O–H groups in total. The zero-order valence-corrected chi connectivity index (χ0v) is 40.9. The first kappa shape index (κ1) is 41.2. The van der Waals surface area contributed by atoms with E-state index in [1.165, 1.54) is 43.4 Å². The van der Waals surface area contributed by atoms with E-state index in [9.17, 15) is 0 Å². The maximum Gasteiger partial charge on any atom is 0.406 e. The van der Waals surface area contributed by atoms with Crippen LogP contribution in [0, 0.1) is 32.3 Å². The van der Waals surface area contributed by atoms with Gasteiger partial charge in [0.05, 0.1) is 16.7 Å². The summed E-state index contributed by atoms with van der Waals surface area (Å²) in [5, 5.41) is 5.05. The van der Waals surface area contributed by atoms with Crippen molar-refractivity contribution >= 4 is 86.5 Å². The molecule has 0 saturated carbocycles. The van der Waals surface area contributed by atoms with Crippen molar-refractivity contribution in [3.05, 3.63) is 193 Å². The molecule has 12 rings (SSSR count). The van der Waals surface area contributed by atoms with Crippen LogP contribution in [-0.4, -0.2) is 29.2 Å². The topological polar surface area (TPSA) is 33.1 Å². The third-order valence-corrected chi connectivity index (χ3v) is 17.3. The summed E-state index contributed by atoms with van der Waals surface area (Å²) in [6.07, 6.45) is 5.78. The number of hydrogen-bond donors (Lipinski definition) is 0. The monoisotopic (exact) mass is 1040 g/mol. The molecule has 320 valence electrons. The molecule has 6 nitrogen and oxygen atoms in total. The first-order valence-electron chi connectivity index (χ1n) is 22.3. The van der Waals surface area contributed by atoms with E-state index in [4.69, 9.17) is 4.98 Å². The summed E-state index contributed by atoms with van der Waals surface area (Å²) < 4.78 is 6.81. The Balaban J connectivity index is 0.00000469. The number of imidazole rings is 1. The third-order valence-electron chi connectivity index (χ3n) is 13.8. The number of rotatable bonds is 5. The molecule has 0 radical (unpaired) electrons. The van der Waals surface area contributed by atoms with Crippen molar-refractivity contribution in [2.45, 2.75) is 53.1 Å². The molecule has 0 aliphatic carbocycles. The first-order chi connectivity index (χ1) is 31.0. The van der Waals surface area contributed by atoms with Gasteiger partial charge >= 0.3 is 6.98 Å². The van der Waals surface area contributed by atoms with E-state index in [0.717, 1.165) is 61.9 Å². The molecule has 0 unspecified atom stereocenters. The Kier molecular flexibility index (Phi) is 9.55. The van der Waals surface area contributed by atoms with E-state index >= 15 is 0 Å². The van der Waals surface area contributed by atoms with Gasteiger partial charge < -0.3 is 18.8 Å². The van der Waals surface area contributed by atoms with Gasteiger partial charge in [0.25, 0.3) is 6.33 Å². The number of para-hydroxylation sites is 4. The van der Waals surface area contributed by atoms with Gasteiger partial charge in [-0.3, -0.25) is 4.57 Å². The van der Waals surface area contributed by atoms with E-state index in [0.29, 0.717) is 0 Å². The molecular weight excluding hydrogens is 991 g/mol. The predicted molar refractivity (Wildman–Crippen MR) is 267 cm³/mol. The second kappa shape index (κ2) is 15.0. The Hall–Kier alpha value is -6.47. The molecule has 0 atom stereocenters. The fraction of sp³-hybridized carbons (Fsp3) is 0.143. The van der Waals surface area contributed by atoms with Gasteiger partial charge in [-0.1, -0.05) is 169 Å². The van der Waals surface area contributed by atoms with E-state index in [1.807, 2.05) is 6.20 Å². The van der Waals surface area contributed by atoms with Gasteiger partial charge in [-0.15, -0.1) is 23.4 Å². The van der Waals surface area contributed by atoms with Gasteiger partial charge in [0.15, 0.2) is 0 Å². The Morgan fingerprint density at radius 1 is 0.662 bits per heavy atom. The van der Waals surface area contributed by atoms with Crippen LogP contribution in [-0.2, 0) is 26.5 Å². The second-order valence-electron chi connectivity index (χ2n) is 19.0. The fourth-order valence-electron chi connectivity index (χ4n) is 10.5. The van der Waals surface area contributed by atoms with Crippen molar-refractivity contribution in [2.75, 3.05) is 9.62 Å². The molecule has 9 heteroatoms. The summed E-state index contributed by atoms with van der Waals surface area (Å²) in [4.78, 5) is 10.1. The van der Waals surface area contributed by atoms with E-state index < -0.39 is 8.07 Å². The van der Waals surface area contributed by atoms with Crippen LogP contribution in [0.5, 0.6) is 0 Å². The number of pyridine rings is 1. The number of aromatic nitrogens is 4. The molecule has 0 spiro atoms. The Morgan fingerprint density at radius 2 is 1.37 bits per heavy atom. The average Bonchev–Trinajstić information content (AvgIpc) is 3.96. The van der Waals surface area contributed by atoms with Crippen molar-refractivity contribution in [3.8, 4) is 17.2 Å². The van der Waals surface area contributed by atoms with Crippen LogP contribution in [0.2, 0.25) is 13.1 Å². The average molecular weight is 1040 g/mol. The van der Waals surface area contributed by atoms with Gasteiger partial charge in [-0.25, -0.2) is 4.98 Å². The minimum Gasteiger partial charge on any atom is -0.415 e. The number of hydrogen-bond acceptors (Lipinski definition) is 3. The molecule has 2 aliphatic heterocycles. The van der Waals surface area contributed by atoms with Gasteiger partial charge in [0.2, 0.25) is 0 Å². The van der Waals surface area contributed by atoms with Gasteiger partial charge in [0, 0.05) is 46.5 Å². The van der Waals surface area contributed by atoms with E-state index in [-0.39, 0.29) is 33.5 Å². The maximum absolute atomic E-state index is 5.05. The summed E-state index contributed by atoms with van der Waals surface area (Å²) in [5.74, 6) is 0.885. The Bertz CT molecular complexity index is 3500. The van der Waals surface area contributed by atoms with Crippen LogP contribution < -0.4 is 30.0 Å². The van der Waals surface area contributed by atoms with Gasteiger partial charge in [-0.05, 0) is 83.8 Å². The number of aryl methyl sites for hydroxylation is 2. The summed E-state index contributed by atoms with van der Waals surface area (Å²) in [6.45, 7) is 16.0. The zero-order chi connectivity index (χ0) is 43.6. The van der Waals surface area contributed by atoms with Crippen molar-refractivity contribution in [1.82, 2.24) is 14.1 Å². The third kappa shape index (κ3) is 6.17. The fourth-order valence-corrected chi connectivity index (χ4v) is 13.4. The van der Waals surface area contributed by atoms with E-state index in [1.54, 1.807) is 0 Å². The zero-order valence-electron chi connectivity index (χ0n) is 37.6. The van der Waals surface area contributed by atoms with E-state index in [2.05, 4.69) is 241 Å². The predicted octanol–water partition coefficient (Wildman–Crippen LogP) is 10.5. The number of fused-ring (bicyclic) bond motifs is 6. The SMILES string of the molecule is Cc1cccc(C)c1B1N(c2[c-]c3c(cc2)[Si](C)(C)c2cccc4c2n-3[c-][n+]4-c2ccccc2)c2[c-]c3c(cc2N1c1ccccc1)c1ccccc1n3-c1cc(C(C)(C)C)ccn1.[Pt]. The van der Waals surface area contributed by atoms with Gasteiger partial charge in [-0.2, -0.15) is 12.1 Å². The molecule has 5 heterocycles. The summed E-state index contributed by atoms with van der Waals surface area (Å²) in [7, 11) is -2.20. The first-order valence-corrected chi connectivity index (χ1v) is 25.3. The molecule has 0 fully saturated rings. The maximum atomic E-state index is 5.05. The molecule has 0 saturated heterocycles. The van der Waals surface area contributed by atoms with Crippen LogP contribution in [0.25, 0.3) is 50.0 Å².